The molecule has 1 amide bonds. The molecule has 6 heteroatoms. The first-order valence-corrected chi connectivity index (χ1v) is 6.56. The second-order valence-corrected chi connectivity index (χ2v) is 5.75. The first-order valence-electron chi connectivity index (χ1n) is 6.56. The molecule has 0 bridgehead atoms. The van der Waals surface area contributed by atoms with Crippen molar-refractivity contribution in [3.63, 3.8) is 0 Å². The molecule has 1 atom stereocenters. The van der Waals surface area contributed by atoms with E-state index in [-0.39, 0.29) is 12.6 Å². The lowest BCUT2D eigenvalue weighted by atomic mass is 10.1. The molecule has 1 aromatic rings. The van der Waals surface area contributed by atoms with Crippen LogP contribution in [0.25, 0.3) is 0 Å². The standard InChI is InChI=1S/C14H24N4O2/c1-14(2,3)20-13(19)17-11(9-15)10-7-6-8-16-12(10)18(4)5/h6-8,11H,9,15H2,1-5H3,(H,17,19). The molecule has 0 spiro atoms. The number of pyridine rings is 1. The van der Waals surface area contributed by atoms with Crippen LogP contribution in [-0.4, -0.2) is 37.3 Å². The molecule has 3 N–H and O–H groups in total. The molecule has 0 radical (unpaired) electrons. The fourth-order valence-corrected chi connectivity index (χ4v) is 1.77. The minimum absolute atomic E-state index is 0.270. The van der Waals surface area contributed by atoms with E-state index >= 15 is 0 Å². The summed E-state index contributed by atoms with van der Waals surface area (Å²) in [7, 11) is 3.79. The fourth-order valence-electron chi connectivity index (χ4n) is 1.77. The number of ether oxygens (including phenoxy) is 1. The van der Waals surface area contributed by atoms with Gasteiger partial charge in [-0.2, -0.15) is 0 Å². The minimum Gasteiger partial charge on any atom is -0.444 e. The summed E-state index contributed by atoms with van der Waals surface area (Å²) in [5.41, 5.74) is 6.10. The van der Waals surface area contributed by atoms with Crippen LogP contribution in [-0.2, 0) is 4.74 Å². The summed E-state index contributed by atoms with van der Waals surface area (Å²) in [6.45, 7) is 5.73. The van der Waals surface area contributed by atoms with Crippen LogP contribution in [0.2, 0.25) is 0 Å². The molecule has 1 rings (SSSR count). The highest BCUT2D eigenvalue weighted by molar-refractivity contribution is 5.69. The van der Waals surface area contributed by atoms with E-state index in [2.05, 4.69) is 10.3 Å². The molecule has 0 aliphatic carbocycles. The quantitative estimate of drug-likeness (QED) is 0.877. The third-order valence-corrected chi connectivity index (χ3v) is 2.54. The van der Waals surface area contributed by atoms with Crippen LogP contribution in [0.3, 0.4) is 0 Å². The highest BCUT2D eigenvalue weighted by atomic mass is 16.6. The van der Waals surface area contributed by atoms with Crippen LogP contribution in [0.1, 0.15) is 32.4 Å². The Labute approximate surface area is 120 Å². The molecule has 112 valence electrons. The SMILES string of the molecule is CN(C)c1ncccc1C(CN)NC(=O)OC(C)(C)C. The zero-order chi connectivity index (χ0) is 15.3. The van der Waals surface area contributed by atoms with Crippen molar-refractivity contribution in [1.29, 1.82) is 0 Å². The highest BCUT2D eigenvalue weighted by Crippen LogP contribution is 2.22. The van der Waals surface area contributed by atoms with Gasteiger partial charge in [0, 0.05) is 32.4 Å². The lowest BCUT2D eigenvalue weighted by Gasteiger charge is -2.25. The van der Waals surface area contributed by atoms with Gasteiger partial charge in [-0.3, -0.25) is 0 Å². The van der Waals surface area contributed by atoms with Crippen molar-refractivity contribution >= 4 is 11.9 Å². The smallest absolute Gasteiger partial charge is 0.408 e. The summed E-state index contributed by atoms with van der Waals surface area (Å²) in [5.74, 6) is 0.777. The third kappa shape index (κ3) is 4.70. The topological polar surface area (TPSA) is 80.5 Å². The summed E-state index contributed by atoms with van der Waals surface area (Å²) >= 11 is 0. The number of hydrogen-bond acceptors (Lipinski definition) is 5. The number of alkyl carbamates (subject to hydrolysis) is 1. The summed E-state index contributed by atoms with van der Waals surface area (Å²) in [5, 5.41) is 2.78. The van der Waals surface area contributed by atoms with Crippen LogP contribution >= 0.6 is 0 Å². The third-order valence-electron chi connectivity index (χ3n) is 2.54. The largest absolute Gasteiger partial charge is 0.444 e. The van der Waals surface area contributed by atoms with Crippen LogP contribution in [0.4, 0.5) is 10.6 Å². The fraction of sp³-hybridized carbons (Fsp3) is 0.571. The van der Waals surface area contributed by atoms with Crippen molar-refractivity contribution in [1.82, 2.24) is 10.3 Å². The lowest BCUT2D eigenvalue weighted by Crippen LogP contribution is -2.38. The predicted molar refractivity (Wildman–Crippen MR) is 79.7 cm³/mol. The van der Waals surface area contributed by atoms with E-state index in [0.29, 0.717) is 0 Å². The number of amides is 1. The van der Waals surface area contributed by atoms with E-state index in [1.807, 2.05) is 51.9 Å². The zero-order valence-corrected chi connectivity index (χ0v) is 12.8. The number of anilines is 1. The van der Waals surface area contributed by atoms with Gasteiger partial charge in [-0.1, -0.05) is 6.07 Å². The Morgan fingerprint density at radius 2 is 2.15 bits per heavy atom. The predicted octanol–water partition coefficient (Wildman–Crippen LogP) is 1.67. The lowest BCUT2D eigenvalue weighted by molar-refractivity contribution is 0.0505. The Balaban J connectivity index is 2.89. The molecule has 0 fully saturated rings. The van der Waals surface area contributed by atoms with Gasteiger partial charge in [0.25, 0.3) is 0 Å². The number of carbonyl (C=O) groups is 1. The van der Waals surface area contributed by atoms with Crippen molar-refractivity contribution < 1.29 is 9.53 Å². The second-order valence-electron chi connectivity index (χ2n) is 5.75. The Bertz CT molecular complexity index is 455. The molecule has 0 aromatic carbocycles. The van der Waals surface area contributed by atoms with Gasteiger partial charge in [-0.25, -0.2) is 9.78 Å². The van der Waals surface area contributed by atoms with Crippen molar-refractivity contribution in [2.24, 2.45) is 5.73 Å². The number of carbonyl (C=O) groups excluding carboxylic acids is 1. The Morgan fingerprint density at radius 3 is 2.65 bits per heavy atom. The zero-order valence-electron chi connectivity index (χ0n) is 12.8. The van der Waals surface area contributed by atoms with Crippen molar-refractivity contribution in [2.45, 2.75) is 32.4 Å². The monoisotopic (exact) mass is 280 g/mol. The molecule has 1 aromatic heterocycles. The van der Waals surface area contributed by atoms with E-state index < -0.39 is 11.7 Å². The Hall–Kier alpha value is -1.82. The van der Waals surface area contributed by atoms with Gasteiger partial charge < -0.3 is 20.7 Å². The van der Waals surface area contributed by atoms with Crippen molar-refractivity contribution in [3.8, 4) is 0 Å². The van der Waals surface area contributed by atoms with Gasteiger partial charge >= 0.3 is 6.09 Å². The van der Waals surface area contributed by atoms with Gasteiger partial charge in [0.2, 0.25) is 0 Å². The van der Waals surface area contributed by atoms with Crippen molar-refractivity contribution in [2.75, 3.05) is 25.5 Å². The number of nitrogens with zero attached hydrogens (tertiary/aromatic N) is 2. The molecular formula is C14H24N4O2. The van der Waals surface area contributed by atoms with Gasteiger partial charge in [0.1, 0.15) is 11.4 Å². The van der Waals surface area contributed by atoms with Crippen LogP contribution in [0, 0.1) is 0 Å². The van der Waals surface area contributed by atoms with Gasteiger partial charge in [-0.15, -0.1) is 0 Å². The average Bonchev–Trinajstić information content (AvgIpc) is 2.33. The molecule has 0 saturated carbocycles. The molecule has 1 heterocycles. The van der Waals surface area contributed by atoms with Crippen molar-refractivity contribution in [3.05, 3.63) is 23.9 Å². The maximum atomic E-state index is 11.9. The maximum absolute atomic E-state index is 11.9. The van der Waals surface area contributed by atoms with E-state index in [1.54, 1.807) is 6.20 Å². The molecule has 0 aliphatic heterocycles. The highest BCUT2D eigenvalue weighted by Gasteiger charge is 2.22. The first-order chi connectivity index (χ1) is 9.24. The van der Waals surface area contributed by atoms with E-state index in [0.717, 1.165) is 11.4 Å². The van der Waals surface area contributed by atoms with E-state index in [9.17, 15) is 4.79 Å². The second kappa shape index (κ2) is 6.56. The number of nitrogens with one attached hydrogen (secondary N) is 1. The van der Waals surface area contributed by atoms with E-state index in [4.69, 9.17) is 10.5 Å². The number of nitrogens with two attached hydrogens (primary N) is 1. The average molecular weight is 280 g/mol. The van der Waals surface area contributed by atoms with Crippen LogP contribution in [0.15, 0.2) is 18.3 Å². The van der Waals surface area contributed by atoms with Crippen LogP contribution < -0.4 is 16.0 Å². The molecule has 20 heavy (non-hydrogen) atoms. The summed E-state index contributed by atoms with van der Waals surface area (Å²) in [6, 6.07) is 3.38. The molecular weight excluding hydrogens is 256 g/mol. The first kappa shape index (κ1) is 16.2. The molecule has 6 nitrogen and oxygen atoms in total. The number of hydrogen-bond donors (Lipinski definition) is 2. The number of rotatable bonds is 4. The van der Waals surface area contributed by atoms with Gasteiger partial charge in [0.15, 0.2) is 0 Å². The van der Waals surface area contributed by atoms with Gasteiger partial charge in [0.05, 0.1) is 6.04 Å². The van der Waals surface area contributed by atoms with E-state index in [1.165, 1.54) is 0 Å². The van der Waals surface area contributed by atoms with Crippen LogP contribution in [0.5, 0.6) is 0 Å². The molecule has 0 aliphatic rings. The summed E-state index contributed by atoms with van der Waals surface area (Å²) in [6.07, 6.45) is 1.22. The maximum Gasteiger partial charge on any atom is 0.408 e. The summed E-state index contributed by atoms with van der Waals surface area (Å²) < 4.78 is 5.25. The number of aromatic nitrogens is 1. The molecule has 1 unspecified atom stereocenters. The normalized spacial score (nSPS) is 12.7. The Morgan fingerprint density at radius 1 is 1.50 bits per heavy atom. The molecule has 0 saturated heterocycles. The summed E-state index contributed by atoms with van der Waals surface area (Å²) in [4.78, 5) is 18.1. The minimum atomic E-state index is -0.539. The Kier molecular flexibility index (Phi) is 5.33. The van der Waals surface area contributed by atoms with Gasteiger partial charge in [-0.05, 0) is 26.8 Å².